The number of fused-ring (bicyclic) bond motifs is 1. The topological polar surface area (TPSA) is 120 Å². The van der Waals surface area contributed by atoms with Crippen LogP contribution in [0.4, 0.5) is 11.5 Å². The predicted molar refractivity (Wildman–Crippen MR) is 136 cm³/mol. The second-order valence-electron chi connectivity index (χ2n) is 9.23. The summed E-state index contributed by atoms with van der Waals surface area (Å²) in [6.45, 7) is 3.63. The number of hydrogen-bond acceptors (Lipinski definition) is 7. The Morgan fingerprint density at radius 1 is 1.20 bits per heavy atom. The van der Waals surface area contributed by atoms with Crippen molar-refractivity contribution >= 4 is 49.0 Å². The maximum absolute atomic E-state index is 13.7. The number of carbonyl (C=O) groups is 1. The van der Waals surface area contributed by atoms with Crippen molar-refractivity contribution in [3.05, 3.63) is 51.8 Å². The molecule has 2 aliphatic heterocycles. The molecule has 0 spiro atoms. The molecule has 2 N–H and O–H groups in total. The summed E-state index contributed by atoms with van der Waals surface area (Å²) in [5.41, 5.74) is 2.89. The Hall–Kier alpha value is -2.70. The molecule has 186 valence electrons. The number of sulfonamides is 1. The molecule has 0 radical (unpaired) electrons. The van der Waals surface area contributed by atoms with Gasteiger partial charge in [-0.2, -0.15) is 5.10 Å². The summed E-state index contributed by atoms with van der Waals surface area (Å²) in [5.74, 6) is 0.549. The van der Waals surface area contributed by atoms with E-state index in [1.165, 1.54) is 0 Å². The van der Waals surface area contributed by atoms with Crippen molar-refractivity contribution in [1.29, 1.82) is 0 Å². The van der Waals surface area contributed by atoms with Crippen LogP contribution in [0.2, 0.25) is 0 Å². The third-order valence-electron chi connectivity index (χ3n) is 6.41. The molecular weight excluding hydrogens is 536 g/mol. The highest BCUT2D eigenvalue weighted by Crippen LogP contribution is 2.34. The van der Waals surface area contributed by atoms with Crippen molar-refractivity contribution < 1.29 is 18.3 Å². The predicted octanol–water partition coefficient (Wildman–Crippen LogP) is 2.72. The number of nitrogens with zero attached hydrogens (tertiary/aromatic N) is 5. The zero-order chi connectivity index (χ0) is 24.9. The number of aliphatic hydroxyl groups is 1. The zero-order valence-corrected chi connectivity index (χ0v) is 21.9. The van der Waals surface area contributed by atoms with Gasteiger partial charge in [-0.3, -0.25) is 9.52 Å². The number of β-amino-alcohol motifs (C(OH)–C–C–N with tert-alkyl or cyclic N) is 1. The van der Waals surface area contributed by atoms with Crippen molar-refractivity contribution in [1.82, 2.24) is 19.5 Å². The third kappa shape index (κ3) is 4.87. The minimum Gasteiger partial charge on any atom is -0.389 e. The van der Waals surface area contributed by atoms with Crippen LogP contribution in [0.15, 0.2) is 34.8 Å². The van der Waals surface area contributed by atoms with E-state index < -0.39 is 10.0 Å². The van der Waals surface area contributed by atoms with E-state index >= 15 is 0 Å². The first kappa shape index (κ1) is 24.0. The van der Waals surface area contributed by atoms with Gasteiger partial charge < -0.3 is 14.9 Å². The summed E-state index contributed by atoms with van der Waals surface area (Å²) in [4.78, 5) is 22.3. The van der Waals surface area contributed by atoms with Crippen LogP contribution in [-0.4, -0.2) is 70.9 Å². The molecule has 12 heteroatoms. The van der Waals surface area contributed by atoms with E-state index in [0.717, 1.165) is 42.7 Å². The van der Waals surface area contributed by atoms with Gasteiger partial charge in [0.2, 0.25) is 10.0 Å². The van der Waals surface area contributed by atoms with E-state index in [0.29, 0.717) is 29.8 Å². The van der Waals surface area contributed by atoms with E-state index in [4.69, 9.17) is 10.1 Å². The normalized spacial score (nSPS) is 19.1. The van der Waals surface area contributed by atoms with E-state index in [-0.39, 0.29) is 29.3 Å². The van der Waals surface area contributed by atoms with Gasteiger partial charge >= 0.3 is 0 Å². The molecule has 2 saturated heterocycles. The summed E-state index contributed by atoms with van der Waals surface area (Å²) >= 11 is 3.40. The molecule has 3 aromatic rings. The quantitative estimate of drug-likeness (QED) is 0.490. The van der Waals surface area contributed by atoms with Crippen molar-refractivity contribution in [2.75, 3.05) is 35.5 Å². The fourth-order valence-electron chi connectivity index (χ4n) is 4.71. The number of aliphatic hydroxyl groups excluding tert-OH is 1. The fraction of sp³-hybridized carbons (Fsp3) is 0.435. The largest absolute Gasteiger partial charge is 0.389 e. The molecule has 1 amide bonds. The van der Waals surface area contributed by atoms with Gasteiger partial charge in [0.1, 0.15) is 5.82 Å². The number of anilines is 2. The minimum absolute atomic E-state index is 0.249. The van der Waals surface area contributed by atoms with Gasteiger partial charge in [-0.15, -0.1) is 0 Å². The lowest BCUT2D eigenvalue weighted by molar-refractivity contribution is 0.0606. The van der Waals surface area contributed by atoms with Gasteiger partial charge in [0.25, 0.3) is 5.91 Å². The van der Waals surface area contributed by atoms with Gasteiger partial charge in [-0.05, 0) is 44.4 Å². The zero-order valence-electron chi connectivity index (χ0n) is 19.5. The number of halogens is 1. The van der Waals surface area contributed by atoms with Gasteiger partial charge in [0, 0.05) is 41.9 Å². The van der Waals surface area contributed by atoms with Crippen molar-refractivity contribution in [2.45, 2.75) is 38.3 Å². The Labute approximate surface area is 212 Å². The second kappa shape index (κ2) is 9.07. The van der Waals surface area contributed by atoms with Crippen LogP contribution >= 0.6 is 15.9 Å². The number of hydrogen-bond donors (Lipinski definition) is 2. The number of amides is 1. The monoisotopic (exact) mass is 562 g/mol. The summed E-state index contributed by atoms with van der Waals surface area (Å²) in [5, 5.41) is 14.4. The van der Waals surface area contributed by atoms with Crippen LogP contribution in [0.1, 0.15) is 47.1 Å². The van der Waals surface area contributed by atoms with Crippen molar-refractivity contribution in [3.63, 3.8) is 0 Å². The first-order chi connectivity index (χ1) is 16.6. The highest BCUT2D eigenvalue weighted by molar-refractivity contribution is 9.10. The highest BCUT2D eigenvalue weighted by Gasteiger charge is 2.33. The van der Waals surface area contributed by atoms with Gasteiger partial charge in [0.15, 0.2) is 5.65 Å². The molecule has 1 atom stereocenters. The van der Waals surface area contributed by atoms with Crippen molar-refractivity contribution in [3.8, 4) is 0 Å². The summed E-state index contributed by atoms with van der Waals surface area (Å²) < 4.78 is 28.7. The van der Waals surface area contributed by atoms with Crippen LogP contribution in [0.3, 0.4) is 0 Å². The van der Waals surface area contributed by atoms with Crippen LogP contribution in [0, 0.1) is 6.92 Å². The number of rotatable bonds is 5. The van der Waals surface area contributed by atoms with E-state index in [1.807, 2.05) is 24.0 Å². The maximum Gasteiger partial charge on any atom is 0.256 e. The molecule has 2 fully saturated rings. The molecule has 2 aromatic heterocycles. The minimum atomic E-state index is -3.56. The number of benzene rings is 1. The Morgan fingerprint density at radius 2 is 1.97 bits per heavy atom. The Balaban J connectivity index is 1.49. The second-order valence-corrected chi connectivity index (χ2v) is 11.9. The average molecular weight is 563 g/mol. The molecule has 5 rings (SSSR count). The van der Waals surface area contributed by atoms with E-state index in [9.17, 15) is 18.3 Å². The molecule has 0 saturated carbocycles. The lowest BCUT2D eigenvalue weighted by Crippen LogP contribution is -2.51. The number of carbonyl (C=O) groups excluding carboxylic acids is 1. The Bertz CT molecular complexity index is 1400. The van der Waals surface area contributed by atoms with Crippen molar-refractivity contribution in [2.24, 2.45) is 0 Å². The number of aryl methyl sites for hydroxylation is 1. The van der Waals surface area contributed by atoms with E-state index in [2.05, 4.69) is 20.7 Å². The SMILES string of the molecule is Cc1cc(N2CC(O)C2)nc2cc(C3CCCCN3C(=O)c3cc(Br)ccc3NS(C)(=O)=O)nn12. The molecule has 4 heterocycles. The molecule has 1 aromatic carbocycles. The third-order valence-corrected chi connectivity index (χ3v) is 7.49. The lowest BCUT2D eigenvalue weighted by atomic mass is 9.98. The molecule has 0 bridgehead atoms. The van der Waals surface area contributed by atoms with E-state index in [1.54, 1.807) is 27.6 Å². The fourth-order valence-corrected chi connectivity index (χ4v) is 5.65. The van der Waals surface area contributed by atoms with Gasteiger partial charge in [0.05, 0.1) is 35.3 Å². The summed E-state index contributed by atoms with van der Waals surface area (Å²) in [6, 6.07) is 8.54. The Kier molecular flexibility index (Phi) is 6.22. The molecule has 2 aliphatic rings. The van der Waals surface area contributed by atoms with Gasteiger partial charge in [-0.25, -0.2) is 17.9 Å². The molecule has 10 nitrogen and oxygen atoms in total. The standard InChI is InChI=1S/C23H27BrN6O4S/c1-14-9-21(28-12-16(31)13-28)25-22-11-19(26-30(14)22)20-5-3-4-8-29(20)23(32)17-10-15(24)6-7-18(17)27-35(2,33)34/h6-7,9-11,16,20,27,31H,3-5,8,12-13H2,1-2H3. The summed E-state index contributed by atoms with van der Waals surface area (Å²) in [7, 11) is -3.56. The van der Waals surface area contributed by atoms with Crippen LogP contribution in [0.5, 0.6) is 0 Å². The smallest absolute Gasteiger partial charge is 0.256 e. The molecule has 0 aliphatic carbocycles. The first-order valence-electron chi connectivity index (χ1n) is 11.5. The average Bonchev–Trinajstić information content (AvgIpc) is 3.21. The van der Waals surface area contributed by atoms with Gasteiger partial charge in [-0.1, -0.05) is 15.9 Å². The van der Waals surface area contributed by atoms with Crippen LogP contribution < -0.4 is 9.62 Å². The number of aromatic nitrogens is 3. The molecular formula is C23H27BrN6O4S. The number of likely N-dealkylation sites (tertiary alicyclic amines) is 1. The lowest BCUT2D eigenvalue weighted by Gasteiger charge is -2.36. The summed E-state index contributed by atoms with van der Waals surface area (Å²) in [6.07, 6.45) is 3.31. The number of piperidine rings is 1. The maximum atomic E-state index is 13.7. The highest BCUT2D eigenvalue weighted by atomic mass is 79.9. The number of nitrogens with one attached hydrogen (secondary N) is 1. The Morgan fingerprint density at radius 3 is 2.69 bits per heavy atom. The van der Waals surface area contributed by atoms with Crippen LogP contribution in [-0.2, 0) is 10.0 Å². The molecule has 35 heavy (non-hydrogen) atoms. The molecule has 1 unspecified atom stereocenters. The first-order valence-corrected chi connectivity index (χ1v) is 14.2. The van der Waals surface area contributed by atoms with Crippen LogP contribution in [0.25, 0.3) is 5.65 Å².